The molecule has 0 saturated carbocycles. The van der Waals surface area contributed by atoms with Crippen molar-refractivity contribution in [1.82, 2.24) is 15.5 Å². The van der Waals surface area contributed by atoms with Crippen molar-refractivity contribution in [1.29, 1.82) is 0 Å². The first-order chi connectivity index (χ1) is 9.51. The summed E-state index contributed by atoms with van der Waals surface area (Å²) in [5.74, 6) is 0.463. The lowest BCUT2D eigenvalue weighted by Gasteiger charge is -2.29. The topological polar surface area (TPSA) is 54.9 Å². The number of nitrogens with zero attached hydrogens (tertiary/aromatic N) is 2. The van der Waals surface area contributed by atoms with Gasteiger partial charge in [-0.2, -0.15) is 10.2 Å². The van der Waals surface area contributed by atoms with Gasteiger partial charge in [-0.1, -0.05) is 20.8 Å². The Morgan fingerprint density at radius 3 is 2.45 bits per heavy atom. The van der Waals surface area contributed by atoms with E-state index in [0.717, 1.165) is 24.2 Å². The Bertz CT molecular complexity index is 450. The number of hydrogen-bond donors (Lipinski definition) is 1. The summed E-state index contributed by atoms with van der Waals surface area (Å²) in [6.45, 7) is 8.61. The highest BCUT2D eigenvalue weighted by molar-refractivity contribution is 6.18. The van der Waals surface area contributed by atoms with Gasteiger partial charge in [0, 0.05) is 17.8 Å². The summed E-state index contributed by atoms with van der Waals surface area (Å²) in [6.07, 6.45) is 2.58. The molecule has 0 atom stereocenters. The number of alkyl halides is 1. The van der Waals surface area contributed by atoms with E-state index in [0.29, 0.717) is 24.4 Å². The lowest BCUT2D eigenvalue weighted by Crippen LogP contribution is -2.38. The van der Waals surface area contributed by atoms with E-state index in [1.165, 1.54) is 0 Å². The summed E-state index contributed by atoms with van der Waals surface area (Å²) in [4.78, 5) is 12.3. The lowest BCUT2D eigenvalue weighted by molar-refractivity contribution is 0.0930. The number of amides is 1. The van der Waals surface area contributed by atoms with Crippen molar-refractivity contribution in [2.24, 2.45) is 5.41 Å². The van der Waals surface area contributed by atoms with E-state index in [-0.39, 0.29) is 11.3 Å². The molecule has 1 rings (SSSR count). The van der Waals surface area contributed by atoms with Gasteiger partial charge in [-0.25, -0.2) is 0 Å². The Morgan fingerprint density at radius 1 is 1.30 bits per heavy atom. The van der Waals surface area contributed by atoms with E-state index in [4.69, 9.17) is 11.6 Å². The molecule has 0 bridgehead atoms. The molecule has 0 aliphatic carbocycles. The van der Waals surface area contributed by atoms with Crippen molar-refractivity contribution in [2.75, 3.05) is 12.4 Å². The van der Waals surface area contributed by atoms with E-state index in [1.54, 1.807) is 6.07 Å². The first kappa shape index (κ1) is 16.9. The quantitative estimate of drug-likeness (QED) is 0.787. The number of carbonyl (C=O) groups is 1. The molecule has 1 aromatic rings. The van der Waals surface area contributed by atoms with Crippen molar-refractivity contribution in [2.45, 2.75) is 47.0 Å². The van der Waals surface area contributed by atoms with E-state index in [2.05, 4.69) is 29.4 Å². The molecule has 4 nitrogen and oxygen atoms in total. The molecular formula is C15H24ClN3O. The van der Waals surface area contributed by atoms with E-state index >= 15 is 0 Å². The molecule has 0 aliphatic rings. The van der Waals surface area contributed by atoms with Gasteiger partial charge < -0.3 is 5.32 Å². The van der Waals surface area contributed by atoms with E-state index in [1.807, 2.05) is 13.8 Å². The van der Waals surface area contributed by atoms with Crippen molar-refractivity contribution in [3.8, 4) is 0 Å². The monoisotopic (exact) mass is 297 g/mol. The van der Waals surface area contributed by atoms with Crippen LogP contribution in [0.3, 0.4) is 0 Å². The Labute approximate surface area is 126 Å². The molecule has 112 valence electrons. The normalized spacial score (nSPS) is 11.4. The third-order valence-electron chi connectivity index (χ3n) is 3.98. The average molecular weight is 298 g/mol. The minimum Gasteiger partial charge on any atom is -0.351 e. The van der Waals surface area contributed by atoms with Crippen LogP contribution in [-0.2, 0) is 6.42 Å². The van der Waals surface area contributed by atoms with Crippen LogP contribution in [0.1, 0.15) is 55.4 Å². The first-order valence-electron chi connectivity index (χ1n) is 7.19. The van der Waals surface area contributed by atoms with Crippen LogP contribution in [0.5, 0.6) is 0 Å². The zero-order valence-electron chi connectivity index (χ0n) is 12.8. The molecule has 0 radical (unpaired) electrons. The Balaban J connectivity index is 2.84. The number of carbonyl (C=O) groups excluding carboxylic acids is 1. The average Bonchev–Trinajstić information content (AvgIpc) is 2.49. The van der Waals surface area contributed by atoms with Gasteiger partial charge in [0.1, 0.15) is 0 Å². The van der Waals surface area contributed by atoms with Crippen LogP contribution >= 0.6 is 11.6 Å². The number of aryl methyl sites for hydroxylation is 2. The summed E-state index contributed by atoms with van der Waals surface area (Å²) in [5.41, 5.74) is 2.08. The highest BCUT2D eigenvalue weighted by Crippen LogP contribution is 2.27. The molecule has 0 saturated heterocycles. The molecular weight excluding hydrogens is 274 g/mol. The molecule has 0 aliphatic heterocycles. The van der Waals surface area contributed by atoms with Gasteiger partial charge >= 0.3 is 0 Å². The van der Waals surface area contributed by atoms with Gasteiger partial charge in [-0.3, -0.25) is 4.79 Å². The van der Waals surface area contributed by atoms with Gasteiger partial charge in [0.15, 0.2) is 0 Å². The number of halogens is 1. The molecule has 5 heteroatoms. The molecule has 0 aromatic carbocycles. The number of rotatable bonds is 7. The second kappa shape index (κ2) is 7.58. The number of aromatic nitrogens is 2. The van der Waals surface area contributed by atoms with Gasteiger partial charge in [0.2, 0.25) is 0 Å². The number of nitrogens with one attached hydrogen (secondary N) is 1. The summed E-state index contributed by atoms with van der Waals surface area (Å²) >= 11 is 6.06. The smallest absolute Gasteiger partial charge is 0.253 e. The zero-order valence-corrected chi connectivity index (χ0v) is 13.5. The van der Waals surface area contributed by atoms with Crippen molar-refractivity contribution >= 4 is 17.5 Å². The minimum atomic E-state index is -0.0868. The third kappa shape index (κ3) is 3.92. The summed E-state index contributed by atoms with van der Waals surface area (Å²) in [7, 11) is 0. The van der Waals surface area contributed by atoms with Crippen molar-refractivity contribution in [3.63, 3.8) is 0 Å². The lowest BCUT2D eigenvalue weighted by atomic mass is 9.84. The predicted molar refractivity (Wildman–Crippen MR) is 82.2 cm³/mol. The Kier molecular flexibility index (Phi) is 6.40. The van der Waals surface area contributed by atoms with Crippen molar-refractivity contribution < 1.29 is 4.79 Å². The molecule has 0 spiro atoms. The van der Waals surface area contributed by atoms with E-state index in [9.17, 15) is 4.79 Å². The maximum Gasteiger partial charge on any atom is 0.253 e. The second-order valence-corrected chi connectivity index (χ2v) is 5.49. The molecule has 20 heavy (non-hydrogen) atoms. The summed E-state index contributed by atoms with van der Waals surface area (Å²) in [5, 5.41) is 11.1. The molecule has 1 heterocycles. The van der Waals surface area contributed by atoms with Gasteiger partial charge in [-0.05, 0) is 32.3 Å². The number of hydrogen-bond acceptors (Lipinski definition) is 3. The predicted octanol–water partition coefficient (Wildman–Crippen LogP) is 3.12. The molecule has 1 amide bonds. The molecule has 0 unspecified atom stereocenters. The maximum absolute atomic E-state index is 12.3. The van der Waals surface area contributed by atoms with Crippen LogP contribution in [0.4, 0.5) is 0 Å². The Hall–Kier alpha value is -1.16. The Morgan fingerprint density at radius 2 is 1.95 bits per heavy atom. The van der Waals surface area contributed by atoms with E-state index < -0.39 is 0 Å². The largest absolute Gasteiger partial charge is 0.351 e. The molecule has 1 aromatic heterocycles. The third-order valence-corrected chi connectivity index (χ3v) is 4.55. The van der Waals surface area contributed by atoms with Crippen LogP contribution in [0.15, 0.2) is 6.07 Å². The highest BCUT2D eigenvalue weighted by Gasteiger charge is 2.26. The van der Waals surface area contributed by atoms with Gasteiger partial charge in [0.25, 0.3) is 5.91 Å². The second-order valence-electron chi connectivity index (χ2n) is 5.22. The van der Waals surface area contributed by atoms with Crippen LogP contribution in [0.25, 0.3) is 0 Å². The van der Waals surface area contributed by atoms with Crippen molar-refractivity contribution in [3.05, 3.63) is 23.0 Å². The fourth-order valence-electron chi connectivity index (χ4n) is 2.07. The zero-order chi connectivity index (χ0) is 15.2. The fraction of sp³-hybridized carbons (Fsp3) is 0.667. The van der Waals surface area contributed by atoms with Crippen LogP contribution in [0, 0.1) is 12.3 Å². The summed E-state index contributed by atoms with van der Waals surface area (Å²) in [6, 6.07) is 1.79. The van der Waals surface area contributed by atoms with Crippen LogP contribution in [-0.4, -0.2) is 28.5 Å². The van der Waals surface area contributed by atoms with Crippen LogP contribution < -0.4 is 5.32 Å². The van der Waals surface area contributed by atoms with Crippen LogP contribution in [0.2, 0.25) is 0 Å². The van der Waals surface area contributed by atoms with Gasteiger partial charge in [-0.15, -0.1) is 11.6 Å². The van der Waals surface area contributed by atoms with Gasteiger partial charge in [0.05, 0.1) is 17.0 Å². The molecule has 1 N–H and O–H groups in total. The highest BCUT2D eigenvalue weighted by atomic mass is 35.5. The minimum absolute atomic E-state index is 0.0287. The standard InChI is InChI=1S/C15H24ClN3O/c1-5-13-12(8-11(4)18-19-13)14(20)17-10-15(6-2,7-3)9-16/h8H,5-7,9-10H2,1-4H3,(H,17,20). The fourth-order valence-corrected chi connectivity index (χ4v) is 2.54. The SMILES string of the molecule is CCc1nnc(C)cc1C(=O)NCC(CC)(CC)CCl. The summed E-state index contributed by atoms with van der Waals surface area (Å²) < 4.78 is 0. The maximum atomic E-state index is 12.3. The molecule has 0 fully saturated rings. The first-order valence-corrected chi connectivity index (χ1v) is 7.72.